The van der Waals surface area contributed by atoms with E-state index in [0.29, 0.717) is 24.7 Å². The first-order chi connectivity index (χ1) is 11.2. The van der Waals surface area contributed by atoms with Gasteiger partial charge in [0.25, 0.3) is 5.91 Å². The minimum atomic E-state index is -0.494. The van der Waals surface area contributed by atoms with Crippen LogP contribution < -0.4 is 4.90 Å². The lowest BCUT2D eigenvalue weighted by atomic mass is 9.98. The van der Waals surface area contributed by atoms with Gasteiger partial charge in [0.2, 0.25) is 0 Å². The minimum absolute atomic E-state index is 0.0823. The van der Waals surface area contributed by atoms with Crippen LogP contribution in [0.15, 0.2) is 36.5 Å². The summed E-state index contributed by atoms with van der Waals surface area (Å²) in [6.45, 7) is 0.521. The van der Waals surface area contributed by atoms with Crippen LogP contribution in [0.3, 0.4) is 0 Å². The topological polar surface area (TPSA) is 58.4 Å². The summed E-state index contributed by atoms with van der Waals surface area (Å²) in [6, 6.07) is 9.82. The summed E-state index contributed by atoms with van der Waals surface area (Å²) in [5, 5.41) is 14.6. The van der Waals surface area contributed by atoms with E-state index in [2.05, 4.69) is 5.10 Å². The Hall–Kier alpha value is -2.14. The van der Waals surface area contributed by atoms with Crippen LogP contribution in [0.2, 0.25) is 0 Å². The van der Waals surface area contributed by atoms with E-state index in [1.165, 1.54) is 12.8 Å². The predicted molar refractivity (Wildman–Crippen MR) is 87.4 cm³/mol. The van der Waals surface area contributed by atoms with E-state index in [1.54, 1.807) is 4.90 Å². The summed E-state index contributed by atoms with van der Waals surface area (Å²) in [7, 11) is 0. The second-order valence-corrected chi connectivity index (χ2v) is 6.44. The first-order valence-electron chi connectivity index (χ1n) is 8.38. The van der Waals surface area contributed by atoms with E-state index in [9.17, 15) is 9.90 Å². The highest BCUT2D eigenvalue weighted by molar-refractivity contribution is 6.05. The van der Waals surface area contributed by atoms with Gasteiger partial charge >= 0.3 is 0 Å². The van der Waals surface area contributed by atoms with E-state index in [4.69, 9.17) is 0 Å². The minimum Gasteiger partial charge on any atom is -0.388 e. The average Bonchev–Trinajstić information content (AvgIpc) is 3.26. The summed E-state index contributed by atoms with van der Waals surface area (Å²) in [6.07, 6.45) is 6.77. The Bertz CT molecular complexity index is 719. The molecule has 1 amide bonds. The second kappa shape index (κ2) is 5.81. The molecule has 2 aliphatic rings. The van der Waals surface area contributed by atoms with Crippen molar-refractivity contribution >= 4 is 11.6 Å². The summed E-state index contributed by atoms with van der Waals surface area (Å²) < 4.78 is 1.95. The van der Waals surface area contributed by atoms with Gasteiger partial charge in [-0.25, -0.2) is 0 Å². The molecule has 1 N–H and O–H groups in total. The zero-order valence-electron chi connectivity index (χ0n) is 13.1. The molecule has 1 aromatic heterocycles. The molecule has 1 unspecified atom stereocenters. The van der Waals surface area contributed by atoms with Gasteiger partial charge in [0.1, 0.15) is 0 Å². The molecule has 1 aliphatic carbocycles. The van der Waals surface area contributed by atoms with Gasteiger partial charge in [-0.1, -0.05) is 31.0 Å². The molecule has 2 aromatic rings. The van der Waals surface area contributed by atoms with E-state index in [0.717, 1.165) is 24.1 Å². The van der Waals surface area contributed by atoms with Gasteiger partial charge in [0.05, 0.1) is 12.1 Å². The molecular formula is C18H21N3O2. The summed E-state index contributed by atoms with van der Waals surface area (Å²) >= 11 is 0. The lowest BCUT2D eigenvalue weighted by Gasteiger charge is -2.31. The van der Waals surface area contributed by atoms with E-state index in [-0.39, 0.29) is 5.91 Å². The quantitative estimate of drug-likeness (QED) is 0.927. The third-order valence-electron chi connectivity index (χ3n) is 4.98. The number of aliphatic hydroxyl groups excluding tert-OH is 1. The molecule has 23 heavy (non-hydrogen) atoms. The van der Waals surface area contributed by atoms with E-state index < -0.39 is 6.10 Å². The summed E-state index contributed by atoms with van der Waals surface area (Å²) in [5.74, 6) is -0.0823. The highest BCUT2D eigenvalue weighted by Gasteiger charge is 2.29. The maximum Gasteiger partial charge on any atom is 0.278 e. The molecule has 120 valence electrons. The molecule has 1 atom stereocenters. The fourth-order valence-electron chi connectivity index (χ4n) is 3.72. The Morgan fingerprint density at radius 1 is 1.13 bits per heavy atom. The summed E-state index contributed by atoms with van der Waals surface area (Å²) in [4.78, 5) is 14.6. The van der Waals surface area contributed by atoms with Crippen LogP contribution in [-0.4, -0.2) is 27.3 Å². The van der Waals surface area contributed by atoms with Crippen molar-refractivity contribution < 1.29 is 9.90 Å². The Kier molecular flexibility index (Phi) is 3.65. The second-order valence-electron chi connectivity index (χ2n) is 6.44. The average molecular weight is 311 g/mol. The van der Waals surface area contributed by atoms with Crippen LogP contribution in [0.1, 0.15) is 60.3 Å². The number of anilines is 1. The van der Waals surface area contributed by atoms with Crippen LogP contribution in [0.25, 0.3) is 0 Å². The number of fused-ring (bicyclic) bond motifs is 1. The molecule has 0 radical (unpaired) electrons. The first-order valence-corrected chi connectivity index (χ1v) is 8.38. The Morgan fingerprint density at radius 3 is 2.74 bits per heavy atom. The predicted octanol–water partition coefficient (Wildman–Crippen LogP) is 3.08. The van der Waals surface area contributed by atoms with Crippen molar-refractivity contribution in [3.05, 3.63) is 47.8 Å². The number of aromatic nitrogens is 2. The van der Waals surface area contributed by atoms with Crippen molar-refractivity contribution in [1.82, 2.24) is 9.78 Å². The molecule has 0 saturated heterocycles. The molecular weight excluding hydrogens is 290 g/mol. The van der Waals surface area contributed by atoms with E-state index >= 15 is 0 Å². The van der Waals surface area contributed by atoms with Crippen LogP contribution in [0.4, 0.5) is 5.69 Å². The maximum atomic E-state index is 12.9. The van der Waals surface area contributed by atoms with Gasteiger partial charge in [0, 0.05) is 24.0 Å². The van der Waals surface area contributed by atoms with Crippen LogP contribution in [0.5, 0.6) is 0 Å². The van der Waals surface area contributed by atoms with Gasteiger partial charge in [0.15, 0.2) is 5.69 Å². The van der Waals surface area contributed by atoms with Crippen molar-refractivity contribution in [3.63, 3.8) is 0 Å². The molecule has 0 bridgehead atoms. The van der Waals surface area contributed by atoms with Crippen LogP contribution in [-0.2, 0) is 0 Å². The van der Waals surface area contributed by atoms with Crippen molar-refractivity contribution in [2.24, 2.45) is 0 Å². The number of hydrogen-bond donors (Lipinski definition) is 1. The lowest BCUT2D eigenvalue weighted by molar-refractivity contribution is 0.0964. The largest absolute Gasteiger partial charge is 0.388 e. The number of hydrogen-bond acceptors (Lipinski definition) is 3. The maximum absolute atomic E-state index is 12.9. The normalized spacial score (nSPS) is 21.4. The molecule has 1 saturated carbocycles. The molecule has 1 aromatic carbocycles. The number of para-hydroxylation sites is 1. The van der Waals surface area contributed by atoms with E-state index in [1.807, 2.05) is 41.2 Å². The van der Waals surface area contributed by atoms with Crippen LogP contribution in [0, 0.1) is 0 Å². The number of benzene rings is 1. The number of carbonyl (C=O) groups is 1. The van der Waals surface area contributed by atoms with Crippen LogP contribution >= 0.6 is 0 Å². The van der Waals surface area contributed by atoms with Crippen molar-refractivity contribution in [1.29, 1.82) is 0 Å². The SMILES string of the molecule is O=C(c1ccn(C2CCCC2)n1)N1CCC(O)c2ccccc21. The Labute approximate surface area is 135 Å². The van der Waals surface area contributed by atoms with Gasteiger partial charge in [-0.05, 0) is 31.4 Å². The number of aliphatic hydroxyl groups is 1. The zero-order chi connectivity index (χ0) is 15.8. The smallest absolute Gasteiger partial charge is 0.278 e. The highest BCUT2D eigenvalue weighted by Crippen LogP contribution is 2.34. The monoisotopic (exact) mass is 311 g/mol. The van der Waals surface area contributed by atoms with Gasteiger partial charge < -0.3 is 10.0 Å². The molecule has 0 spiro atoms. The Balaban J connectivity index is 1.61. The lowest BCUT2D eigenvalue weighted by Crippen LogP contribution is -2.37. The Morgan fingerprint density at radius 2 is 1.91 bits per heavy atom. The fraction of sp³-hybridized carbons (Fsp3) is 0.444. The number of nitrogens with zero attached hydrogens (tertiary/aromatic N) is 3. The molecule has 4 rings (SSSR count). The van der Waals surface area contributed by atoms with Gasteiger partial charge in [-0.3, -0.25) is 9.48 Å². The number of rotatable bonds is 2. The molecule has 5 nitrogen and oxygen atoms in total. The van der Waals surface area contributed by atoms with Gasteiger partial charge in [-0.2, -0.15) is 5.10 Å². The van der Waals surface area contributed by atoms with Gasteiger partial charge in [-0.15, -0.1) is 0 Å². The molecule has 5 heteroatoms. The zero-order valence-corrected chi connectivity index (χ0v) is 13.1. The molecule has 1 fully saturated rings. The number of amides is 1. The third kappa shape index (κ3) is 2.55. The fourth-order valence-corrected chi connectivity index (χ4v) is 3.72. The van der Waals surface area contributed by atoms with Crippen molar-refractivity contribution in [3.8, 4) is 0 Å². The molecule has 1 aliphatic heterocycles. The first kappa shape index (κ1) is 14.5. The third-order valence-corrected chi connectivity index (χ3v) is 4.98. The standard InChI is InChI=1S/C18H21N3O2/c22-17-10-11-20(16-8-4-3-7-14(16)17)18(23)15-9-12-21(19-15)13-5-1-2-6-13/h3-4,7-9,12-13,17,22H,1-2,5-6,10-11H2. The number of carbonyl (C=O) groups excluding carboxylic acids is 1. The summed E-state index contributed by atoms with van der Waals surface area (Å²) in [5.41, 5.74) is 2.11. The highest BCUT2D eigenvalue weighted by atomic mass is 16.3. The van der Waals surface area contributed by atoms with Crippen molar-refractivity contribution in [2.75, 3.05) is 11.4 Å². The molecule has 2 heterocycles. The van der Waals surface area contributed by atoms with Crippen molar-refractivity contribution in [2.45, 2.75) is 44.2 Å².